The Labute approximate surface area is 116 Å². The summed E-state index contributed by atoms with van der Waals surface area (Å²) in [7, 11) is 4.10. The van der Waals surface area contributed by atoms with Crippen molar-refractivity contribution in [1.82, 2.24) is 10.2 Å². The van der Waals surface area contributed by atoms with Gasteiger partial charge in [-0.3, -0.25) is 4.79 Å². The minimum Gasteiger partial charge on any atom is -0.355 e. The zero-order chi connectivity index (χ0) is 13.9. The van der Waals surface area contributed by atoms with E-state index in [1.54, 1.807) is 0 Å². The molecule has 0 heterocycles. The highest BCUT2D eigenvalue weighted by atomic mass is 16.2. The average Bonchev–Trinajstić information content (AvgIpc) is 3.16. The molecular formula is C16H24N2O. The summed E-state index contributed by atoms with van der Waals surface area (Å²) in [5.74, 6) is 0.204. The standard InChI is InChI=1S/C16H24N2O/c1-13-5-7-14(8-6-13)16(9-10-16)15(19)17-11-4-12-18(2)3/h5-8H,4,9-12H2,1-3H3,(H,17,19). The maximum Gasteiger partial charge on any atom is 0.230 e. The number of rotatable bonds is 6. The van der Waals surface area contributed by atoms with Crippen molar-refractivity contribution in [3.8, 4) is 0 Å². The van der Waals surface area contributed by atoms with Gasteiger partial charge in [0.2, 0.25) is 5.91 Å². The van der Waals surface area contributed by atoms with Crippen LogP contribution < -0.4 is 5.32 Å². The van der Waals surface area contributed by atoms with Crippen molar-refractivity contribution in [3.63, 3.8) is 0 Å². The van der Waals surface area contributed by atoms with Crippen LogP contribution in [0, 0.1) is 6.92 Å². The first-order chi connectivity index (χ1) is 9.04. The minimum absolute atomic E-state index is 0.204. The fourth-order valence-corrected chi connectivity index (χ4v) is 2.41. The van der Waals surface area contributed by atoms with E-state index in [1.807, 2.05) is 0 Å². The molecule has 104 valence electrons. The van der Waals surface area contributed by atoms with Crippen molar-refractivity contribution in [2.45, 2.75) is 31.6 Å². The van der Waals surface area contributed by atoms with Gasteiger partial charge in [-0.05, 0) is 52.4 Å². The fourth-order valence-electron chi connectivity index (χ4n) is 2.41. The summed E-state index contributed by atoms with van der Waals surface area (Å²) in [6, 6.07) is 8.38. The summed E-state index contributed by atoms with van der Waals surface area (Å²) >= 11 is 0. The molecule has 0 spiro atoms. The zero-order valence-electron chi connectivity index (χ0n) is 12.2. The van der Waals surface area contributed by atoms with Gasteiger partial charge in [0, 0.05) is 6.54 Å². The second kappa shape index (κ2) is 5.74. The highest BCUT2D eigenvalue weighted by Gasteiger charge is 2.50. The largest absolute Gasteiger partial charge is 0.355 e. The second-order valence-electron chi connectivity index (χ2n) is 5.86. The van der Waals surface area contributed by atoms with Crippen LogP contribution in [0.2, 0.25) is 0 Å². The number of nitrogens with one attached hydrogen (secondary N) is 1. The SMILES string of the molecule is Cc1ccc(C2(C(=O)NCCCN(C)C)CC2)cc1. The molecule has 1 N–H and O–H groups in total. The van der Waals surface area contributed by atoms with Gasteiger partial charge in [-0.2, -0.15) is 0 Å². The van der Waals surface area contributed by atoms with Crippen LogP contribution in [0.5, 0.6) is 0 Å². The first-order valence-electron chi connectivity index (χ1n) is 7.05. The zero-order valence-corrected chi connectivity index (χ0v) is 12.2. The summed E-state index contributed by atoms with van der Waals surface area (Å²) in [4.78, 5) is 14.5. The van der Waals surface area contributed by atoms with E-state index in [9.17, 15) is 4.79 Å². The molecule has 1 fully saturated rings. The lowest BCUT2D eigenvalue weighted by molar-refractivity contribution is -0.123. The van der Waals surface area contributed by atoms with E-state index in [0.29, 0.717) is 0 Å². The molecule has 0 aromatic heterocycles. The van der Waals surface area contributed by atoms with E-state index < -0.39 is 0 Å². The molecule has 0 bridgehead atoms. The molecule has 0 unspecified atom stereocenters. The number of hydrogen-bond donors (Lipinski definition) is 1. The first kappa shape index (κ1) is 14.1. The number of hydrogen-bond acceptors (Lipinski definition) is 2. The monoisotopic (exact) mass is 260 g/mol. The van der Waals surface area contributed by atoms with Gasteiger partial charge in [0.25, 0.3) is 0 Å². The predicted molar refractivity (Wildman–Crippen MR) is 78.3 cm³/mol. The van der Waals surface area contributed by atoms with Gasteiger partial charge in [0.15, 0.2) is 0 Å². The van der Waals surface area contributed by atoms with Crippen molar-refractivity contribution < 1.29 is 4.79 Å². The molecule has 0 radical (unpaired) electrons. The summed E-state index contributed by atoms with van der Waals surface area (Å²) < 4.78 is 0. The van der Waals surface area contributed by atoms with Gasteiger partial charge in [-0.25, -0.2) is 0 Å². The molecule has 0 saturated heterocycles. The number of aryl methyl sites for hydroxylation is 1. The van der Waals surface area contributed by atoms with Crippen LogP contribution in [-0.2, 0) is 10.2 Å². The van der Waals surface area contributed by atoms with Crippen LogP contribution in [0.25, 0.3) is 0 Å². The normalized spacial score (nSPS) is 16.4. The molecule has 1 saturated carbocycles. The highest BCUT2D eigenvalue weighted by Crippen LogP contribution is 2.48. The number of amides is 1. The predicted octanol–water partition coefficient (Wildman–Crippen LogP) is 2.09. The third kappa shape index (κ3) is 3.35. The Morgan fingerprint density at radius 1 is 1.26 bits per heavy atom. The smallest absolute Gasteiger partial charge is 0.230 e. The lowest BCUT2D eigenvalue weighted by Crippen LogP contribution is -2.36. The lowest BCUT2D eigenvalue weighted by atomic mass is 9.94. The van der Waals surface area contributed by atoms with E-state index in [-0.39, 0.29) is 11.3 Å². The van der Waals surface area contributed by atoms with Gasteiger partial charge in [0.1, 0.15) is 0 Å². The van der Waals surface area contributed by atoms with Crippen molar-refractivity contribution in [3.05, 3.63) is 35.4 Å². The fraction of sp³-hybridized carbons (Fsp3) is 0.562. The third-order valence-electron chi connectivity index (χ3n) is 3.86. The molecule has 2 rings (SSSR count). The molecule has 1 aromatic carbocycles. The second-order valence-corrected chi connectivity index (χ2v) is 5.86. The molecule has 3 heteroatoms. The number of carbonyl (C=O) groups excluding carboxylic acids is 1. The van der Waals surface area contributed by atoms with Crippen molar-refractivity contribution >= 4 is 5.91 Å². The molecule has 1 amide bonds. The van der Waals surface area contributed by atoms with Crippen LogP contribution in [0.4, 0.5) is 0 Å². The Morgan fingerprint density at radius 2 is 1.89 bits per heavy atom. The number of benzene rings is 1. The van der Waals surface area contributed by atoms with Crippen molar-refractivity contribution in [2.24, 2.45) is 0 Å². The van der Waals surface area contributed by atoms with Crippen LogP contribution in [0.15, 0.2) is 24.3 Å². The summed E-state index contributed by atoms with van der Waals surface area (Å²) in [5.41, 5.74) is 2.18. The van der Waals surface area contributed by atoms with Crippen LogP contribution >= 0.6 is 0 Å². The third-order valence-corrected chi connectivity index (χ3v) is 3.86. The first-order valence-corrected chi connectivity index (χ1v) is 7.05. The van der Waals surface area contributed by atoms with Crippen LogP contribution in [0.1, 0.15) is 30.4 Å². The highest BCUT2D eigenvalue weighted by molar-refractivity contribution is 5.91. The Hall–Kier alpha value is -1.35. The molecule has 1 aromatic rings. The Bertz CT molecular complexity index is 433. The van der Waals surface area contributed by atoms with E-state index in [0.717, 1.165) is 32.4 Å². The Morgan fingerprint density at radius 3 is 2.42 bits per heavy atom. The quantitative estimate of drug-likeness (QED) is 0.794. The van der Waals surface area contributed by atoms with E-state index >= 15 is 0 Å². The lowest BCUT2D eigenvalue weighted by Gasteiger charge is -2.16. The summed E-state index contributed by atoms with van der Waals surface area (Å²) in [6.45, 7) is 3.85. The molecule has 1 aliphatic carbocycles. The van der Waals surface area contributed by atoms with Crippen molar-refractivity contribution in [1.29, 1.82) is 0 Å². The van der Waals surface area contributed by atoms with Crippen LogP contribution in [0.3, 0.4) is 0 Å². The number of nitrogens with zero attached hydrogens (tertiary/aromatic N) is 1. The van der Waals surface area contributed by atoms with E-state index in [1.165, 1.54) is 11.1 Å². The van der Waals surface area contributed by atoms with Crippen molar-refractivity contribution in [2.75, 3.05) is 27.2 Å². The van der Waals surface area contributed by atoms with Gasteiger partial charge >= 0.3 is 0 Å². The van der Waals surface area contributed by atoms with Gasteiger partial charge in [0.05, 0.1) is 5.41 Å². The minimum atomic E-state index is -0.230. The summed E-state index contributed by atoms with van der Waals surface area (Å²) in [5, 5.41) is 3.09. The molecule has 1 aliphatic rings. The van der Waals surface area contributed by atoms with E-state index in [2.05, 4.69) is 55.5 Å². The molecule has 19 heavy (non-hydrogen) atoms. The number of carbonyl (C=O) groups is 1. The topological polar surface area (TPSA) is 32.3 Å². The maximum absolute atomic E-state index is 12.3. The molecule has 0 atom stereocenters. The Kier molecular flexibility index (Phi) is 4.25. The van der Waals surface area contributed by atoms with Gasteiger partial charge in [-0.1, -0.05) is 29.8 Å². The summed E-state index contributed by atoms with van der Waals surface area (Å²) in [6.07, 6.45) is 2.97. The van der Waals surface area contributed by atoms with Gasteiger partial charge < -0.3 is 10.2 Å². The molecule has 3 nitrogen and oxygen atoms in total. The molecular weight excluding hydrogens is 236 g/mol. The molecule has 0 aliphatic heterocycles. The van der Waals surface area contributed by atoms with Gasteiger partial charge in [-0.15, -0.1) is 0 Å². The maximum atomic E-state index is 12.3. The Balaban J connectivity index is 1.89. The van der Waals surface area contributed by atoms with E-state index in [4.69, 9.17) is 0 Å². The van der Waals surface area contributed by atoms with Crippen LogP contribution in [-0.4, -0.2) is 38.0 Å². The average molecular weight is 260 g/mol.